The Bertz CT molecular complexity index is 1510. The van der Waals surface area contributed by atoms with Crippen molar-refractivity contribution in [1.29, 1.82) is 0 Å². The lowest BCUT2D eigenvalue weighted by atomic mass is 9.98. The molecule has 1 N–H and O–H groups in total. The van der Waals surface area contributed by atoms with E-state index in [0.29, 0.717) is 11.6 Å². The number of carbonyl (C=O) groups excluding carboxylic acids is 1. The number of H-pyrrole nitrogens is 1. The molecular formula is C27H26BrN5O2. The highest BCUT2D eigenvalue weighted by atomic mass is 79.9. The number of tetrazole rings is 1. The molecule has 0 fully saturated rings. The van der Waals surface area contributed by atoms with Gasteiger partial charge in [0, 0.05) is 12.3 Å². The van der Waals surface area contributed by atoms with Crippen LogP contribution in [0.2, 0.25) is 0 Å². The summed E-state index contributed by atoms with van der Waals surface area (Å²) in [5, 5.41) is 16.9. The SMILES string of the molecule is CCCCCc1c(-c2ccc3c(Br)c(OCc4nnn[nH]4)ccc3c2)n(C(C)=O)c2ccccc12. The number of nitrogens with one attached hydrogen (secondary N) is 1. The number of halogens is 1. The molecule has 0 saturated carbocycles. The van der Waals surface area contributed by atoms with Gasteiger partial charge in [-0.15, -0.1) is 5.10 Å². The van der Waals surface area contributed by atoms with Crippen LogP contribution in [0.3, 0.4) is 0 Å². The van der Waals surface area contributed by atoms with Gasteiger partial charge in [0.15, 0.2) is 5.82 Å². The minimum atomic E-state index is 0.0184. The first-order chi connectivity index (χ1) is 17.1. The van der Waals surface area contributed by atoms with E-state index in [0.717, 1.165) is 63.1 Å². The van der Waals surface area contributed by atoms with Crippen LogP contribution in [-0.4, -0.2) is 31.1 Å². The Morgan fingerprint density at radius 3 is 2.71 bits per heavy atom. The highest BCUT2D eigenvalue weighted by molar-refractivity contribution is 9.10. The molecule has 0 aliphatic heterocycles. The molecule has 0 aliphatic rings. The summed E-state index contributed by atoms with van der Waals surface area (Å²) < 4.78 is 8.64. The van der Waals surface area contributed by atoms with E-state index in [-0.39, 0.29) is 12.5 Å². The topological polar surface area (TPSA) is 85.7 Å². The van der Waals surface area contributed by atoms with Crippen molar-refractivity contribution in [3.63, 3.8) is 0 Å². The molecule has 178 valence electrons. The highest BCUT2D eigenvalue weighted by Crippen LogP contribution is 2.39. The summed E-state index contributed by atoms with van der Waals surface area (Å²) in [5.41, 5.74) is 4.23. The second-order valence-corrected chi connectivity index (χ2v) is 9.40. The monoisotopic (exact) mass is 531 g/mol. The van der Waals surface area contributed by atoms with Crippen molar-refractivity contribution < 1.29 is 9.53 Å². The standard InChI is InChI=1S/C27H26BrN5O2/c1-3-4-5-9-22-21-8-6-7-10-23(21)33(17(2)34)27(22)19-11-13-20-18(15-19)12-14-24(26(20)28)35-16-25-29-31-32-30-25/h6-8,10-15H,3-5,9,16H2,1-2H3,(H,29,30,31,32). The van der Waals surface area contributed by atoms with Gasteiger partial charge in [0.1, 0.15) is 12.4 Å². The average molecular weight is 532 g/mol. The first-order valence-electron chi connectivity index (χ1n) is 11.8. The maximum Gasteiger partial charge on any atom is 0.228 e. The number of carbonyl (C=O) groups is 1. The number of rotatable bonds is 8. The molecule has 0 bridgehead atoms. The zero-order chi connectivity index (χ0) is 24.4. The van der Waals surface area contributed by atoms with Gasteiger partial charge in [-0.05, 0) is 79.3 Å². The third-order valence-electron chi connectivity index (χ3n) is 6.27. The first kappa shape index (κ1) is 23.2. The molecule has 0 saturated heterocycles. The molecule has 2 heterocycles. The lowest BCUT2D eigenvalue weighted by Gasteiger charge is -2.13. The molecule has 3 aromatic carbocycles. The van der Waals surface area contributed by atoms with Crippen molar-refractivity contribution in [2.24, 2.45) is 0 Å². The number of aryl methyl sites for hydroxylation is 1. The van der Waals surface area contributed by atoms with Crippen molar-refractivity contribution in [1.82, 2.24) is 25.2 Å². The summed E-state index contributed by atoms with van der Waals surface area (Å²) in [7, 11) is 0. The van der Waals surface area contributed by atoms with Gasteiger partial charge in [-0.25, -0.2) is 5.10 Å². The molecule has 0 spiro atoms. The maximum absolute atomic E-state index is 12.9. The predicted molar refractivity (Wildman–Crippen MR) is 141 cm³/mol. The van der Waals surface area contributed by atoms with Crippen molar-refractivity contribution in [3.8, 4) is 17.0 Å². The van der Waals surface area contributed by atoms with E-state index < -0.39 is 0 Å². The van der Waals surface area contributed by atoms with E-state index in [2.05, 4.69) is 67.7 Å². The van der Waals surface area contributed by atoms with E-state index in [9.17, 15) is 4.79 Å². The smallest absolute Gasteiger partial charge is 0.228 e. The van der Waals surface area contributed by atoms with Gasteiger partial charge in [-0.1, -0.05) is 56.2 Å². The van der Waals surface area contributed by atoms with Crippen LogP contribution in [0.5, 0.6) is 5.75 Å². The van der Waals surface area contributed by atoms with Gasteiger partial charge >= 0.3 is 0 Å². The fraction of sp³-hybridized carbons (Fsp3) is 0.259. The van der Waals surface area contributed by atoms with Gasteiger partial charge in [0.05, 0.1) is 15.7 Å². The Kier molecular flexibility index (Phi) is 6.63. The van der Waals surface area contributed by atoms with Crippen LogP contribution in [0.25, 0.3) is 32.9 Å². The molecular weight excluding hydrogens is 506 g/mol. The second-order valence-electron chi connectivity index (χ2n) is 8.61. The van der Waals surface area contributed by atoms with Gasteiger partial charge in [-0.2, -0.15) is 0 Å². The van der Waals surface area contributed by atoms with Gasteiger partial charge in [-0.3, -0.25) is 9.36 Å². The summed E-state index contributed by atoms with van der Waals surface area (Å²) >= 11 is 3.70. The van der Waals surface area contributed by atoms with Gasteiger partial charge in [0.25, 0.3) is 0 Å². The zero-order valence-electron chi connectivity index (χ0n) is 19.7. The Morgan fingerprint density at radius 1 is 1.09 bits per heavy atom. The van der Waals surface area contributed by atoms with Crippen LogP contribution in [0.15, 0.2) is 59.1 Å². The highest BCUT2D eigenvalue weighted by Gasteiger charge is 2.21. The number of aromatic amines is 1. The van der Waals surface area contributed by atoms with Crippen molar-refractivity contribution in [2.75, 3.05) is 0 Å². The van der Waals surface area contributed by atoms with Crippen LogP contribution in [0, 0.1) is 0 Å². The third kappa shape index (κ3) is 4.46. The number of para-hydroxylation sites is 1. The molecule has 0 aliphatic carbocycles. The number of nitrogens with zero attached hydrogens (tertiary/aromatic N) is 4. The molecule has 8 heteroatoms. The number of unbranched alkanes of at least 4 members (excludes halogenated alkanes) is 2. The van der Waals surface area contributed by atoms with E-state index in [4.69, 9.17) is 4.74 Å². The summed E-state index contributed by atoms with van der Waals surface area (Å²) in [4.78, 5) is 12.9. The quantitative estimate of drug-likeness (QED) is 0.225. The van der Waals surface area contributed by atoms with Gasteiger partial charge < -0.3 is 4.74 Å². The minimum absolute atomic E-state index is 0.0184. The van der Waals surface area contributed by atoms with Crippen molar-refractivity contribution >= 4 is 43.5 Å². The van der Waals surface area contributed by atoms with Crippen LogP contribution in [0.4, 0.5) is 0 Å². The van der Waals surface area contributed by atoms with Crippen molar-refractivity contribution in [2.45, 2.75) is 46.1 Å². The van der Waals surface area contributed by atoms with Crippen LogP contribution in [-0.2, 0) is 13.0 Å². The number of ether oxygens (including phenoxy) is 1. The second kappa shape index (κ2) is 10.00. The molecule has 0 amide bonds. The molecule has 5 rings (SSSR count). The number of benzene rings is 3. The molecule has 0 atom stereocenters. The summed E-state index contributed by atoms with van der Waals surface area (Å²) in [6.45, 7) is 4.09. The normalized spacial score (nSPS) is 11.4. The number of hydrogen-bond acceptors (Lipinski definition) is 5. The Morgan fingerprint density at radius 2 is 1.94 bits per heavy atom. The van der Waals surface area contributed by atoms with E-state index in [1.165, 1.54) is 5.56 Å². The lowest BCUT2D eigenvalue weighted by molar-refractivity contribution is 0.0943. The fourth-order valence-electron chi connectivity index (χ4n) is 4.66. The summed E-state index contributed by atoms with van der Waals surface area (Å²) in [6.07, 6.45) is 4.35. The van der Waals surface area contributed by atoms with E-state index in [1.807, 2.05) is 34.9 Å². The molecule has 5 aromatic rings. The molecule has 35 heavy (non-hydrogen) atoms. The van der Waals surface area contributed by atoms with Crippen LogP contribution < -0.4 is 4.74 Å². The van der Waals surface area contributed by atoms with E-state index >= 15 is 0 Å². The average Bonchev–Trinajstić information content (AvgIpc) is 3.50. The van der Waals surface area contributed by atoms with Crippen LogP contribution >= 0.6 is 15.9 Å². The van der Waals surface area contributed by atoms with Crippen LogP contribution in [0.1, 0.15) is 49.3 Å². The predicted octanol–water partition coefficient (Wildman–Crippen LogP) is 6.71. The third-order valence-corrected chi connectivity index (χ3v) is 7.09. The molecule has 7 nitrogen and oxygen atoms in total. The Labute approximate surface area is 211 Å². The fourth-order valence-corrected chi connectivity index (χ4v) is 5.27. The van der Waals surface area contributed by atoms with Crippen molar-refractivity contribution in [3.05, 3.63) is 70.5 Å². The molecule has 0 radical (unpaired) electrons. The Hall–Kier alpha value is -3.52. The molecule has 2 aromatic heterocycles. The lowest BCUT2D eigenvalue weighted by Crippen LogP contribution is -2.07. The van der Waals surface area contributed by atoms with Gasteiger partial charge in [0.2, 0.25) is 5.91 Å². The largest absolute Gasteiger partial charge is 0.484 e. The zero-order valence-corrected chi connectivity index (χ0v) is 21.3. The number of fused-ring (bicyclic) bond motifs is 2. The Balaban J connectivity index is 1.60. The molecule has 0 unspecified atom stereocenters. The minimum Gasteiger partial charge on any atom is -0.484 e. The van der Waals surface area contributed by atoms with E-state index in [1.54, 1.807) is 6.92 Å². The summed E-state index contributed by atoms with van der Waals surface area (Å²) in [6, 6.07) is 18.5. The number of hydrogen-bond donors (Lipinski definition) is 1. The number of aromatic nitrogens is 5. The first-order valence-corrected chi connectivity index (χ1v) is 12.6. The summed E-state index contributed by atoms with van der Waals surface area (Å²) in [5.74, 6) is 1.28. The maximum atomic E-state index is 12.9.